The Labute approximate surface area is 147 Å². The summed E-state index contributed by atoms with van der Waals surface area (Å²) in [6, 6.07) is 8.36. The molecule has 24 heavy (non-hydrogen) atoms. The van der Waals surface area contributed by atoms with Crippen molar-refractivity contribution in [3.05, 3.63) is 29.8 Å². The molecule has 3 N–H and O–H groups in total. The Hall–Kier alpha value is -1.75. The van der Waals surface area contributed by atoms with E-state index in [2.05, 4.69) is 55.1 Å². The van der Waals surface area contributed by atoms with E-state index in [4.69, 9.17) is 0 Å². The van der Waals surface area contributed by atoms with Gasteiger partial charge in [0.15, 0.2) is 5.96 Å². The predicted octanol–water partition coefficient (Wildman–Crippen LogP) is 2.96. The zero-order valence-corrected chi connectivity index (χ0v) is 15.8. The smallest absolute Gasteiger partial charge is 0.191 e. The van der Waals surface area contributed by atoms with Gasteiger partial charge in [0.2, 0.25) is 0 Å². The first-order chi connectivity index (χ1) is 11.4. The lowest BCUT2D eigenvalue weighted by Crippen LogP contribution is -2.41. The van der Waals surface area contributed by atoms with Crippen LogP contribution in [0.25, 0.3) is 0 Å². The van der Waals surface area contributed by atoms with Gasteiger partial charge in [0.05, 0.1) is 6.54 Å². The molecule has 1 aromatic rings. The Balaban J connectivity index is 2.46. The fourth-order valence-electron chi connectivity index (χ4n) is 2.75. The van der Waals surface area contributed by atoms with E-state index in [0.717, 1.165) is 37.6 Å². The van der Waals surface area contributed by atoms with Gasteiger partial charge in [0, 0.05) is 31.7 Å². The molecule has 0 heterocycles. The standard InChI is InChI=1S/C19H34N4O/c1-6-20-19(22-14-17-9-7-10-18(24)13-17)21-11-8-12-23(15(2)3)16(4)5/h7,9-10,13,15-16,24H,6,8,11-12,14H2,1-5H3,(H2,20,21,22). The number of aromatic hydroxyl groups is 1. The highest BCUT2D eigenvalue weighted by Gasteiger charge is 2.12. The van der Waals surface area contributed by atoms with E-state index in [1.54, 1.807) is 12.1 Å². The molecule has 0 aliphatic carbocycles. The number of guanidine groups is 1. The first-order valence-corrected chi connectivity index (χ1v) is 8.99. The largest absolute Gasteiger partial charge is 0.508 e. The number of nitrogens with zero attached hydrogens (tertiary/aromatic N) is 2. The second-order valence-corrected chi connectivity index (χ2v) is 6.57. The summed E-state index contributed by atoms with van der Waals surface area (Å²) in [5, 5.41) is 16.2. The van der Waals surface area contributed by atoms with Crippen molar-refractivity contribution in [3.63, 3.8) is 0 Å². The SMILES string of the molecule is CCNC(=NCc1cccc(O)c1)NCCCN(C(C)C)C(C)C. The topological polar surface area (TPSA) is 59.9 Å². The van der Waals surface area contributed by atoms with Crippen molar-refractivity contribution < 1.29 is 5.11 Å². The molecule has 0 radical (unpaired) electrons. The molecule has 0 aliphatic heterocycles. The Morgan fingerprint density at radius 3 is 2.46 bits per heavy atom. The summed E-state index contributed by atoms with van der Waals surface area (Å²) in [5.74, 6) is 1.10. The molecule has 5 heteroatoms. The van der Waals surface area contributed by atoms with Crippen LogP contribution in [-0.4, -0.2) is 47.7 Å². The highest BCUT2D eigenvalue weighted by molar-refractivity contribution is 5.79. The summed E-state index contributed by atoms with van der Waals surface area (Å²) >= 11 is 0. The van der Waals surface area contributed by atoms with Crippen LogP contribution in [0.4, 0.5) is 0 Å². The number of hydrogen-bond donors (Lipinski definition) is 3. The highest BCUT2D eigenvalue weighted by atomic mass is 16.3. The average Bonchev–Trinajstić information content (AvgIpc) is 2.51. The molecule has 136 valence electrons. The Morgan fingerprint density at radius 2 is 1.88 bits per heavy atom. The van der Waals surface area contributed by atoms with Gasteiger partial charge in [-0.3, -0.25) is 4.90 Å². The van der Waals surface area contributed by atoms with Crippen molar-refractivity contribution in [2.75, 3.05) is 19.6 Å². The molecule has 0 saturated heterocycles. The quantitative estimate of drug-likeness (QED) is 0.369. The molecule has 1 rings (SSSR count). The van der Waals surface area contributed by atoms with E-state index < -0.39 is 0 Å². The predicted molar refractivity (Wildman–Crippen MR) is 103 cm³/mol. The average molecular weight is 335 g/mol. The Morgan fingerprint density at radius 1 is 1.17 bits per heavy atom. The molecule has 0 amide bonds. The zero-order valence-electron chi connectivity index (χ0n) is 15.8. The lowest BCUT2D eigenvalue weighted by atomic mass is 10.2. The van der Waals surface area contributed by atoms with Crippen LogP contribution >= 0.6 is 0 Å². The van der Waals surface area contributed by atoms with Gasteiger partial charge in [0.1, 0.15) is 5.75 Å². The minimum Gasteiger partial charge on any atom is -0.508 e. The van der Waals surface area contributed by atoms with Crippen LogP contribution in [0.2, 0.25) is 0 Å². The Kier molecular flexibility index (Phi) is 9.23. The minimum absolute atomic E-state index is 0.281. The molecule has 0 fully saturated rings. The molecule has 5 nitrogen and oxygen atoms in total. The van der Waals surface area contributed by atoms with Gasteiger partial charge in [0.25, 0.3) is 0 Å². The van der Waals surface area contributed by atoms with Gasteiger partial charge < -0.3 is 15.7 Å². The van der Waals surface area contributed by atoms with Crippen molar-refractivity contribution in [2.45, 2.75) is 59.7 Å². The molecule has 0 unspecified atom stereocenters. The summed E-state index contributed by atoms with van der Waals surface area (Å²) in [6.45, 7) is 14.4. The van der Waals surface area contributed by atoms with Gasteiger partial charge >= 0.3 is 0 Å². The van der Waals surface area contributed by atoms with Crippen molar-refractivity contribution in [1.29, 1.82) is 0 Å². The molecule has 0 aliphatic rings. The van der Waals surface area contributed by atoms with Gasteiger partial charge in [-0.1, -0.05) is 12.1 Å². The van der Waals surface area contributed by atoms with Crippen molar-refractivity contribution in [1.82, 2.24) is 15.5 Å². The van der Waals surface area contributed by atoms with Crippen LogP contribution in [0.1, 0.15) is 46.6 Å². The second kappa shape index (κ2) is 10.9. The maximum absolute atomic E-state index is 9.51. The number of phenols is 1. The fraction of sp³-hybridized carbons (Fsp3) is 0.632. The van der Waals surface area contributed by atoms with Gasteiger partial charge in [-0.05, 0) is 58.7 Å². The lowest BCUT2D eigenvalue weighted by molar-refractivity contribution is 0.173. The van der Waals surface area contributed by atoms with E-state index in [1.165, 1.54) is 0 Å². The van der Waals surface area contributed by atoms with Crippen molar-refractivity contribution in [3.8, 4) is 5.75 Å². The number of hydrogen-bond acceptors (Lipinski definition) is 3. The number of rotatable bonds is 9. The van der Waals surface area contributed by atoms with Crippen molar-refractivity contribution >= 4 is 5.96 Å². The summed E-state index contributed by atoms with van der Waals surface area (Å²) in [7, 11) is 0. The first kappa shape index (κ1) is 20.3. The molecular weight excluding hydrogens is 300 g/mol. The summed E-state index contributed by atoms with van der Waals surface area (Å²) in [4.78, 5) is 7.08. The monoisotopic (exact) mass is 334 g/mol. The molecular formula is C19H34N4O. The number of aliphatic imine (C=N–C) groups is 1. The molecule has 1 aromatic carbocycles. The third-order valence-corrected chi connectivity index (χ3v) is 3.89. The minimum atomic E-state index is 0.281. The first-order valence-electron chi connectivity index (χ1n) is 8.99. The molecule has 0 atom stereocenters. The summed E-state index contributed by atoms with van der Waals surface area (Å²) < 4.78 is 0. The molecule has 0 bridgehead atoms. The van der Waals surface area contributed by atoms with E-state index in [1.807, 2.05) is 12.1 Å². The van der Waals surface area contributed by atoms with Gasteiger partial charge in [-0.15, -0.1) is 0 Å². The maximum atomic E-state index is 9.51. The van der Waals surface area contributed by atoms with E-state index in [9.17, 15) is 5.11 Å². The highest BCUT2D eigenvalue weighted by Crippen LogP contribution is 2.11. The third-order valence-electron chi connectivity index (χ3n) is 3.89. The third kappa shape index (κ3) is 7.68. The lowest BCUT2D eigenvalue weighted by Gasteiger charge is -2.30. The van der Waals surface area contributed by atoms with Crippen LogP contribution in [0.3, 0.4) is 0 Å². The molecule has 0 spiro atoms. The van der Waals surface area contributed by atoms with E-state index >= 15 is 0 Å². The van der Waals surface area contributed by atoms with Gasteiger partial charge in [-0.25, -0.2) is 4.99 Å². The molecule has 0 aromatic heterocycles. The van der Waals surface area contributed by atoms with E-state index in [0.29, 0.717) is 18.6 Å². The van der Waals surface area contributed by atoms with Crippen LogP contribution < -0.4 is 10.6 Å². The van der Waals surface area contributed by atoms with Gasteiger partial charge in [-0.2, -0.15) is 0 Å². The van der Waals surface area contributed by atoms with Crippen LogP contribution in [0.15, 0.2) is 29.3 Å². The summed E-state index contributed by atoms with van der Waals surface area (Å²) in [5.41, 5.74) is 0.998. The fourth-order valence-corrected chi connectivity index (χ4v) is 2.75. The number of phenolic OH excluding ortho intramolecular Hbond substituents is 1. The van der Waals surface area contributed by atoms with Crippen molar-refractivity contribution in [2.24, 2.45) is 4.99 Å². The second-order valence-electron chi connectivity index (χ2n) is 6.57. The maximum Gasteiger partial charge on any atom is 0.191 e. The van der Waals surface area contributed by atoms with Crippen LogP contribution in [0, 0.1) is 0 Å². The zero-order chi connectivity index (χ0) is 17.9. The molecule has 0 saturated carbocycles. The Bertz CT molecular complexity index is 492. The summed E-state index contributed by atoms with van der Waals surface area (Å²) in [6.07, 6.45) is 1.08. The number of benzene rings is 1. The van der Waals surface area contributed by atoms with E-state index in [-0.39, 0.29) is 5.75 Å². The van der Waals surface area contributed by atoms with Crippen LogP contribution in [0.5, 0.6) is 5.75 Å². The normalized spacial score (nSPS) is 12.2. The van der Waals surface area contributed by atoms with Crippen LogP contribution in [-0.2, 0) is 6.54 Å². The number of nitrogens with one attached hydrogen (secondary N) is 2.